The van der Waals surface area contributed by atoms with Crippen molar-refractivity contribution in [3.05, 3.63) is 35.1 Å². The lowest BCUT2D eigenvalue weighted by atomic mass is 10.1. The number of alkyl halides is 4. The van der Waals surface area contributed by atoms with E-state index >= 15 is 0 Å². The Morgan fingerprint density at radius 3 is 2.37 bits per heavy atom. The summed E-state index contributed by atoms with van der Waals surface area (Å²) in [5.41, 5.74) is -2.77. The Balaban J connectivity index is 3.13. The standard InChI is InChI=1S/C12H12BrF4NO/c1-11(2,6-13)18-10(19)7-4-3-5-8(9(7)14)12(15,16)17/h3-5H,6H2,1-2H3,(H,18,19). The van der Waals surface area contributed by atoms with Gasteiger partial charge < -0.3 is 5.32 Å². The summed E-state index contributed by atoms with van der Waals surface area (Å²) in [4.78, 5) is 11.8. The van der Waals surface area contributed by atoms with Crippen molar-refractivity contribution in [3.8, 4) is 0 Å². The van der Waals surface area contributed by atoms with E-state index in [-0.39, 0.29) is 0 Å². The fraction of sp³-hybridized carbons (Fsp3) is 0.417. The first-order valence-corrected chi connectivity index (χ1v) is 6.45. The van der Waals surface area contributed by atoms with Gasteiger partial charge in [0.25, 0.3) is 5.91 Å². The van der Waals surface area contributed by atoms with E-state index in [1.54, 1.807) is 13.8 Å². The minimum Gasteiger partial charge on any atom is -0.346 e. The van der Waals surface area contributed by atoms with Gasteiger partial charge in [-0.25, -0.2) is 4.39 Å². The summed E-state index contributed by atoms with van der Waals surface area (Å²) in [6, 6.07) is 2.62. The molecule has 19 heavy (non-hydrogen) atoms. The van der Waals surface area contributed by atoms with Crippen LogP contribution in [0.2, 0.25) is 0 Å². The fourth-order valence-corrected chi connectivity index (χ4v) is 1.47. The Kier molecular flexibility index (Phi) is 4.60. The van der Waals surface area contributed by atoms with E-state index in [0.29, 0.717) is 11.4 Å². The van der Waals surface area contributed by atoms with Crippen molar-refractivity contribution in [2.24, 2.45) is 0 Å². The highest BCUT2D eigenvalue weighted by molar-refractivity contribution is 9.09. The van der Waals surface area contributed by atoms with Crippen LogP contribution in [0.25, 0.3) is 0 Å². The minimum atomic E-state index is -4.83. The van der Waals surface area contributed by atoms with E-state index in [1.165, 1.54) is 0 Å². The Morgan fingerprint density at radius 2 is 1.89 bits per heavy atom. The van der Waals surface area contributed by atoms with Gasteiger partial charge in [0.15, 0.2) is 0 Å². The molecule has 0 heterocycles. The third-order valence-electron chi connectivity index (χ3n) is 2.33. The summed E-state index contributed by atoms with van der Waals surface area (Å²) in [6.07, 6.45) is -4.83. The molecule has 106 valence electrons. The lowest BCUT2D eigenvalue weighted by Crippen LogP contribution is -2.45. The topological polar surface area (TPSA) is 29.1 Å². The molecule has 0 saturated carbocycles. The van der Waals surface area contributed by atoms with Gasteiger partial charge in [-0.3, -0.25) is 4.79 Å². The summed E-state index contributed by atoms with van der Waals surface area (Å²) in [5.74, 6) is -2.44. The molecular formula is C12H12BrF4NO. The fourth-order valence-electron chi connectivity index (χ4n) is 1.33. The summed E-state index contributed by atoms with van der Waals surface area (Å²) in [5, 5.41) is 2.83. The third kappa shape index (κ3) is 3.92. The molecular weight excluding hydrogens is 330 g/mol. The molecule has 7 heteroatoms. The normalized spacial score (nSPS) is 12.4. The Morgan fingerprint density at radius 1 is 1.32 bits per heavy atom. The van der Waals surface area contributed by atoms with Gasteiger partial charge in [0.1, 0.15) is 5.82 Å². The number of hydrogen-bond donors (Lipinski definition) is 1. The number of halogens is 5. The molecule has 0 atom stereocenters. The summed E-state index contributed by atoms with van der Waals surface area (Å²) >= 11 is 3.15. The molecule has 0 spiro atoms. The van der Waals surface area contributed by atoms with Gasteiger partial charge in [-0.1, -0.05) is 22.0 Å². The van der Waals surface area contributed by atoms with Gasteiger partial charge in [0, 0.05) is 10.9 Å². The molecule has 2 nitrogen and oxygen atoms in total. The van der Waals surface area contributed by atoms with Crippen LogP contribution in [0.15, 0.2) is 18.2 Å². The number of nitrogens with one attached hydrogen (secondary N) is 1. The second kappa shape index (κ2) is 5.48. The van der Waals surface area contributed by atoms with Crippen molar-refractivity contribution in [1.29, 1.82) is 0 Å². The maximum Gasteiger partial charge on any atom is 0.419 e. The first kappa shape index (κ1) is 15.9. The molecule has 0 fully saturated rings. The van der Waals surface area contributed by atoms with Crippen LogP contribution in [-0.2, 0) is 6.18 Å². The lowest BCUT2D eigenvalue weighted by molar-refractivity contribution is -0.140. The van der Waals surface area contributed by atoms with E-state index in [1.807, 2.05) is 0 Å². The highest BCUT2D eigenvalue weighted by atomic mass is 79.9. The van der Waals surface area contributed by atoms with E-state index in [4.69, 9.17) is 0 Å². The van der Waals surface area contributed by atoms with E-state index in [2.05, 4.69) is 21.2 Å². The number of amides is 1. The van der Waals surface area contributed by atoms with Crippen LogP contribution in [0.4, 0.5) is 17.6 Å². The highest BCUT2D eigenvalue weighted by Crippen LogP contribution is 2.32. The number of carbonyl (C=O) groups is 1. The molecule has 1 amide bonds. The Labute approximate surface area is 116 Å². The summed E-state index contributed by atoms with van der Waals surface area (Å²) in [6.45, 7) is 3.32. The van der Waals surface area contributed by atoms with E-state index in [9.17, 15) is 22.4 Å². The molecule has 0 unspecified atom stereocenters. The zero-order chi connectivity index (χ0) is 14.8. The van der Waals surface area contributed by atoms with Gasteiger partial charge in [-0.2, -0.15) is 13.2 Å². The number of hydrogen-bond acceptors (Lipinski definition) is 1. The molecule has 0 radical (unpaired) electrons. The van der Waals surface area contributed by atoms with Gasteiger partial charge in [-0.05, 0) is 26.0 Å². The largest absolute Gasteiger partial charge is 0.419 e. The number of carbonyl (C=O) groups excluding carboxylic acids is 1. The van der Waals surface area contributed by atoms with Crippen LogP contribution < -0.4 is 5.32 Å². The first-order valence-electron chi connectivity index (χ1n) is 5.32. The van der Waals surface area contributed by atoms with E-state index in [0.717, 1.165) is 12.1 Å². The molecule has 1 aromatic rings. The van der Waals surface area contributed by atoms with Gasteiger partial charge in [0.05, 0.1) is 11.1 Å². The Hall–Kier alpha value is -1.11. The quantitative estimate of drug-likeness (QED) is 0.658. The minimum absolute atomic E-state index is 0.381. The molecule has 1 N–H and O–H groups in total. The zero-order valence-corrected chi connectivity index (χ0v) is 11.8. The van der Waals surface area contributed by atoms with Crippen molar-refractivity contribution in [2.75, 3.05) is 5.33 Å². The number of rotatable bonds is 3. The predicted molar refractivity (Wildman–Crippen MR) is 66.7 cm³/mol. The lowest BCUT2D eigenvalue weighted by Gasteiger charge is -2.24. The summed E-state index contributed by atoms with van der Waals surface area (Å²) < 4.78 is 51.3. The van der Waals surface area contributed by atoms with Crippen LogP contribution in [0, 0.1) is 5.82 Å². The zero-order valence-electron chi connectivity index (χ0n) is 10.2. The average molecular weight is 342 g/mol. The molecule has 1 rings (SSSR count). The van der Waals surface area contributed by atoms with Crippen LogP contribution in [0.1, 0.15) is 29.8 Å². The molecule has 0 aliphatic carbocycles. The third-order valence-corrected chi connectivity index (χ3v) is 3.74. The maximum atomic E-state index is 13.7. The number of benzene rings is 1. The smallest absolute Gasteiger partial charge is 0.346 e. The van der Waals surface area contributed by atoms with Crippen LogP contribution in [0.3, 0.4) is 0 Å². The molecule has 0 aliphatic rings. The molecule has 0 bridgehead atoms. The van der Waals surface area contributed by atoms with Crippen LogP contribution >= 0.6 is 15.9 Å². The van der Waals surface area contributed by atoms with Crippen LogP contribution in [-0.4, -0.2) is 16.8 Å². The van der Waals surface area contributed by atoms with Gasteiger partial charge >= 0.3 is 6.18 Å². The van der Waals surface area contributed by atoms with Crippen molar-refractivity contribution in [3.63, 3.8) is 0 Å². The SMILES string of the molecule is CC(C)(CBr)NC(=O)c1cccc(C(F)(F)F)c1F. The highest BCUT2D eigenvalue weighted by Gasteiger charge is 2.36. The predicted octanol–water partition coefficient (Wildman–Crippen LogP) is 3.75. The van der Waals surface area contributed by atoms with E-state index < -0.39 is 34.6 Å². The molecule has 0 aromatic heterocycles. The average Bonchev–Trinajstić information content (AvgIpc) is 2.27. The van der Waals surface area contributed by atoms with Gasteiger partial charge in [-0.15, -0.1) is 0 Å². The Bertz CT molecular complexity index is 485. The second-order valence-electron chi connectivity index (χ2n) is 4.64. The van der Waals surface area contributed by atoms with Crippen molar-refractivity contribution >= 4 is 21.8 Å². The van der Waals surface area contributed by atoms with Crippen LogP contribution in [0.5, 0.6) is 0 Å². The maximum absolute atomic E-state index is 13.7. The monoisotopic (exact) mass is 341 g/mol. The van der Waals surface area contributed by atoms with Crippen molar-refractivity contribution in [2.45, 2.75) is 25.6 Å². The molecule has 1 aromatic carbocycles. The molecule has 0 aliphatic heterocycles. The van der Waals surface area contributed by atoms with Gasteiger partial charge in [0.2, 0.25) is 0 Å². The first-order chi connectivity index (χ1) is 8.58. The van der Waals surface area contributed by atoms with Crippen molar-refractivity contribution < 1.29 is 22.4 Å². The summed E-state index contributed by atoms with van der Waals surface area (Å²) in [7, 11) is 0. The molecule has 0 saturated heterocycles. The van der Waals surface area contributed by atoms with Crippen molar-refractivity contribution in [1.82, 2.24) is 5.32 Å². The second-order valence-corrected chi connectivity index (χ2v) is 5.20.